The first kappa shape index (κ1) is 20.7. The van der Waals surface area contributed by atoms with Gasteiger partial charge in [0.25, 0.3) is 0 Å². The molecule has 0 aliphatic carbocycles. The molecule has 0 unspecified atom stereocenters. The molecule has 156 valence electrons. The van der Waals surface area contributed by atoms with E-state index < -0.39 is 0 Å². The second-order valence-corrected chi connectivity index (χ2v) is 7.28. The van der Waals surface area contributed by atoms with Crippen LogP contribution < -0.4 is 9.47 Å². The van der Waals surface area contributed by atoms with Gasteiger partial charge in [0.2, 0.25) is 11.8 Å². The zero-order chi connectivity index (χ0) is 21.5. The number of hydrogen-bond acceptors (Lipinski definition) is 5. The van der Waals surface area contributed by atoms with E-state index in [1.165, 1.54) is 0 Å². The van der Waals surface area contributed by atoms with Gasteiger partial charge >= 0.3 is 0 Å². The Balaban J connectivity index is 1.43. The highest BCUT2D eigenvalue weighted by molar-refractivity contribution is 6.30. The summed E-state index contributed by atoms with van der Waals surface area (Å²) in [5, 5.41) is 8.91. The van der Waals surface area contributed by atoms with Crippen LogP contribution in [0.2, 0.25) is 5.02 Å². The van der Waals surface area contributed by atoms with Crippen LogP contribution in [0.15, 0.2) is 77.2 Å². The van der Waals surface area contributed by atoms with E-state index in [2.05, 4.69) is 10.2 Å². The first-order chi connectivity index (χ1) is 15.2. The van der Waals surface area contributed by atoms with Crippen LogP contribution in [0.3, 0.4) is 0 Å². The van der Waals surface area contributed by atoms with Gasteiger partial charge in [0, 0.05) is 16.7 Å². The van der Waals surface area contributed by atoms with Gasteiger partial charge in [-0.1, -0.05) is 48.0 Å². The number of benzene rings is 3. The van der Waals surface area contributed by atoms with Gasteiger partial charge < -0.3 is 13.9 Å². The molecule has 0 N–H and O–H groups in total. The molecular weight excluding hydrogens is 412 g/mol. The van der Waals surface area contributed by atoms with E-state index >= 15 is 0 Å². The molecule has 0 aliphatic heterocycles. The highest BCUT2D eigenvalue weighted by atomic mass is 35.5. The van der Waals surface area contributed by atoms with E-state index in [1.54, 1.807) is 13.2 Å². The molecule has 5 nitrogen and oxygen atoms in total. The summed E-state index contributed by atoms with van der Waals surface area (Å²) in [4.78, 5) is 0. The average Bonchev–Trinajstić information content (AvgIpc) is 3.26. The third-order valence-electron chi connectivity index (χ3n) is 4.61. The van der Waals surface area contributed by atoms with E-state index in [0.717, 1.165) is 28.2 Å². The summed E-state index contributed by atoms with van der Waals surface area (Å²) in [6.45, 7) is 0.403. The van der Waals surface area contributed by atoms with Gasteiger partial charge in [-0.2, -0.15) is 0 Å². The van der Waals surface area contributed by atoms with Crippen molar-refractivity contribution in [2.75, 3.05) is 7.11 Å². The summed E-state index contributed by atoms with van der Waals surface area (Å²) in [6, 6.07) is 23.2. The van der Waals surface area contributed by atoms with Gasteiger partial charge in [-0.3, -0.25) is 0 Å². The molecule has 3 aromatic carbocycles. The highest BCUT2D eigenvalue weighted by Crippen LogP contribution is 2.23. The molecular formula is C25H21ClN2O3. The van der Waals surface area contributed by atoms with Crippen LogP contribution in [0, 0.1) is 0 Å². The SMILES string of the molecule is COc1ccc(/C=C\c2nnc(Cc3ccc(Cl)cc3)o2)cc1COc1ccccc1. The third kappa shape index (κ3) is 5.74. The highest BCUT2D eigenvalue weighted by Gasteiger charge is 2.07. The summed E-state index contributed by atoms with van der Waals surface area (Å²) < 4.78 is 17.1. The summed E-state index contributed by atoms with van der Waals surface area (Å²) >= 11 is 5.92. The van der Waals surface area contributed by atoms with Crippen molar-refractivity contribution >= 4 is 23.8 Å². The molecule has 0 fully saturated rings. The fourth-order valence-electron chi connectivity index (χ4n) is 3.04. The zero-order valence-electron chi connectivity index (χ0n) is 17.0. The number of ether oxygens (including phenoxy) is 2. The molecule has 0 saturated heterocycles. The van der Waals surface area contributed by atoms with Crippen molar-refractivity contribution < 1.29 is 13.9 Å². The Hall–Kier alpha value is -3.57. The van der Waals surface area contributed by atoms with E-state index in [4.69, 9.17) is 25.5 Å². The van der Waals surface area contributed by atoms with Crippen molar-refractivity contribution in [2.24, 2.45) is 0 Å². The topological polar surface area (TPSA) is 57.4 Å². The summed E-state index contributed by atoms with van der Waals surface area (Å²) in [5.74, 6) is 2.58. The lowest BCUT2D eigenvalue weighted by molar-refractivity contribution is 0.296. The molecule has 0 amide bonds. The molecule has 0 atom stereocenters. The third-order valence-corrected chi connectivity index (χ3v) is 4.86. The van der Waals surface area contributed by atoms with Crippen LogP contribution in [0.5, 0.6) is 11.5 Å². The van der Waals surface area contributed by atoms with Crippen molar-refractivity contribution in [3.8, 4) is 11.5 Å². The second kappa shape index (κ2) is 9.96. The number of hydrogen-bond donors (Lipinski definition) is 0. The fourth-order valence-corrected chi connectivity index (χ4v) is 3.17. The molecule has 0 aliphatic rings. The maximum Gasteiger partial charge on any atom is 0.240 e. The maximum atomic E-state index is 5.92. The Kier molecular flexibility index (Phi) is 6.65. The Morgan fingerprint density at radius 3 is 2.52 bits per heavy atom. The molecule has 6 heteroatoms. The molecule has 0 bridgehead atoms. The van der Waals surface area contributed by atoms with Crippen LogP contribution in [0.25, 0.3) is 12.2 Å². The second-order valence-electron chi connectivity index (χ2n) is 6.84. The van der Waals surface area contributed by atoms with Crippen molar-refractivity contribution in [1.29, 1.82) is 0 Å². The van der Waals surface area contributed by atoms with Crippen molar-refractivity contribution in [3.05, 3.63) is 106 Å². The van der Waals surface area contributed by atoms with Gasteiger partial charge in [-0.05, 0) is 53.6 Å². The molecule has 0 spiro atoms. The van der Waals surface area contributed by atoms with Gasteiger partial charge in [-0.15, -0.1) is 10.2 Å². The van der Waals surface area contributed by atoms with Crippen LogP contribution in [-0.2, 0) is 13.0 Å². The number of methoxy groups -OCH3 is 1. The Labute approximate surface area is 185 Å². The number of para-hydroxylation sites is 1. The predicted molar refractivity (Wildman–Crippen MR) is 121 cm³/mol. The maximum absolute atomic E-state index is 5.92. The largest absolute Gasteiger partial charge is 0.496 e. The minimum absolute atomic E-state index is 0.403. The minimum atomic E-state index is 0.403. The molecule has 0 radical (unpaired) electrons. The Morgan fingerprint density at radius 1 is 0.935 bits per heavy atom. The zero-order valence-corrected chi connectivity index (χ0v) is 17.8. The van der Waals surface area contributed by atoms with Crippen LogP contribution in [-0.4, -0.2) is 17.3 Å². The molecule has 4 aromatic rings. The lowest BCUT2D eigenvalue weighted by atomic mass is 10.1. The quantitative estimate of drug-likeness (QED) is 0.338. The van der Waals surface area contributed by atoms with Crippen LogP contribution in [0.4, 0.5) is 0 Å². The van der Waals surface area contributed by atoms with Gasteiger partial charge in [0.1, 0.15) is 18.1 Å². The molecule has 1 aromatic heterocycles. The molecule has 0 saturated carbocycles. The monoisotopic (exact) mass is 432 g/mol. The Morgan fingerprint density at radius 2 is 1.74 bits per heavy atom. The van der Waals surface area contributed by atoms with Crippen molar-refractivity contribution in [3.63, 3.8) is 0 Å². The van der Waals surface area contributed by atoms with E-state index in [-0.39, 0.29) is 0 Å². The van der Waals surface area contributed by atoms with E-state index in [0.29, 0.717) is 29.8 Å². The van der Waals surface area contributed by atoms with Gasteiger partial charge in [-0.25, -0.2) is 0 Å². The average molecular weight is 433 g/mol. The number of aromatic nitrogens is 2. The number of nitrogens with zero attached hydrogens (tertiary/aromatic N) is 2. The van der Waals surface area contributed by atoms with Crippen LogP contribution in [0.1, 0.15) is 28.5 Å². The smallest absolute Gasteiger partial charge is 0.240 e. The van der Waals surface area contributed by atoms with Gasteiger partial charge in [0.05, 0.1) is 13.5 Å². The lowest BCUT2D eigenvalue weighted by Gasteiger charge is -2.11. The first-order valence-electron chi connectivity index (χ1n) is 9.79. The van der Waals surface area contributed by atoms with Crippen molar-refractivity contribution in [2.45, 2.75) is 13.0 Å². The first-order valence-corrected chi connectivity index (χ1v) is 10.2. The Bertz CT molecular complexity index is 1160. The van der Waals surface area contributed by atoms with E-state index in [9.17, 15) is 0 Å². The predicted octanol–water partition coefficient (Wildman–Crippen LogP) is 6.07. The summed E-state index contributed by atoms with van der Waals surface area (Å²) in [7, 11) is 1.65. The lowest BCUT2D eigenvalue weighted by Crippen LogP contribution is -1.99. The molecule has 4 rings (SSSR count). The number of rotatable bonds is 8. The minimum Gasteiger partial charge on any atom is -0.496 e. The summed E-state index contributed by atoms with van der Waals surface area (Å²) in [6.07, 6.45) is 4.27. The number of halogens is 1. The van der Waals surface area contributed by atoms with Crippen molar-refractivity contribution in [1.82, 2.24) is 10.2 Å². The fraction of sp³-hybridized carbons (Fsp3) is 0.120. The molecule has 31 heavy (non-hydrogen) atoms. The molecule has 1 heterocycles. The van der Waals surface area contributed by atoms with Gasteiger partial charge in [0.15, 0.2) is 0 Å². The van der Waals surface area contributed by atoms with Crippen LogP contribution >= 0.6 is 11.6 Å². The normalized spacial score (nSPS) is 11.0. The summed E-state index contributed by atoms with van der Waals surface area (Å²) in [5.41, 5.74) is 2.98. The van der Waals surface area contributed by atoms with E-state index in [1.807, 2.05) is 78.9 Å². The standard InChI is InChI=1S/C25H21ClN2O3/c1-29-23-13-9-18(15-20(23)17-30-22-5-3-2-4-6-22)10-14-24-27-28-25(31-24)16-19-7-11-21(26)12-8-19/h2-15H,16-17H2,1H3/b14-10-.